The number of ether oxygens (including phenoxy) is 3. The predicted octanol–water partition coefficient (Wildman–Crippen LogP) is 22.2. The Bertz CT molecular complexity index is 1180. The van der Waals surface area contributed by atoms with Gasteiger partial charge in [0.05, 0.1) is 0 Å². The van der Waals surface area contributed by atoms with Gasteiger partial charge in [-0.15, -0.1) is 0 Å². The lowest BCUT2D eigenvalue weighted by Crippen LogP contribution is -2.30. The van der Waals surface area contributed by atoms with Crippen molar-refractivity contribution in [1.82, 2.24) is 0 Å². The van der Waals surface area contributed by atoms with Gasteiger partial charge in [0.2, 0.25) is 0 Å². The number of hydrogen-bond acceptors (Lipinski definition) is 6. The van der Waals surface area contributed by atoms with E-state index in [1.54, 1.807) is 0 Å². The van der Waals surface area contributed by atoms with Crippen molar-refractivity contribution in [3.8, 4) is 0 Å². The van der Waals surface area contributed by atoms with Gasteiger partial charge in [0.15, 0.2) is 6.10 Å². The van der Waals surface area contributed by atoms with Gasteiger partial charge in [-0.3, -0.25) is 14.4 Å². The third-order valence-electron chi connectivity index (χ3n) is 14.9. The number of allylic oxidation sites excluding steroid dienone is 4. The molecule has 0 spiro atoms. The van der Waals surface area contributed by atoms with Gasteiger partial charge in [-0.25, -0.2) is 0 Å². The standard InChI is InChI=1S/C67H126O6/c1-4-7-10-13-16-18-20-22-24-26-28-30-32-33-35-36-38-40-42-44-46-48-51-54-57-60-66(69)72-63-64(62-71-65(68)59-56-53-50-15-12-9-6-3)73-67(70)61-58-55-52-49-47-45-43-41-39-37-34-31-29-27-25-23-21-19-17-14-11-8-5-2/h26-29,64H,4-25,30-63H2,1-3H3/b28-26-,29-27-. The first-order valence-electron chi connectivity index (χ1n) is 32.8. The highest BCUT2D eigenvalue weighted by atomic mass is 16.6. The predicted molar refractivity (Wildman–Crippen MR) is 316 cm³/mol. The third-order valence-corrected chi connectivity index (χ3v) is 14.9. The fourth-order valence-electron chi connectivity index (χ4n) is 9.97. The molecule has 0 fully saturated rings. The first-order chi connectivity index (χ1) is 36.0. The molecule has 0 aromatic rings. The smallest absolute Gasteiger partial charge is 0.306 e. The lowest BCUT2D eigenvalue weighted by atomic mass is 10.0. The van der Waals surface area contributed by atoms with E-state index in [-0.39, 0.29) is 31.1 Å². The van der Waals surface area contributed by atoms with Crippen LogP contribution in [0.25, 0.3) is 0 Å². The highest BCUT2D eigenvalue weighted by Gasteiger charge is 2.19. The van der Waals surface area contributed by atoms with Crippen LogP contribution in [-0.4, -0.2) is 37.2 Å². The second-order valence-corrected chi connectivity index (χ2v) is 22.4. The van der Waals surface area contributed by atoms with Crippen LogP contribution in [0.15, 0.2) is 24.3 Å². The first-order valence-corrected chi connectivity index (χ1v) is 32.8. The molecule has 0 N–H and O–H groups in total. The summed E-state index contributed by atoms with van der Waals surface area (Å²) in [7, 11) is 0. The van der Waals surface area contributed by atoms with Gasteiger partial charge in [-0.1, -0.05) is 302 Å². The summed E-state index contributed by atoms with van der Waals surface area (Å²) in [5, 5.41) is 0. The molecule has 0 radical (unpaired) electrons. The maximum atomic E-state index is 12.9. The molecule has 430 valence electrons. The van der Waals surface area contributed by atoms with Gasteiger partial charge in [0.1, 0.15) is 13.2 Å². The Morgan fingerprint density at radius 3 is 0.685 bits per heavy atom. The summed E-state index contributed by atoms with van der Waals surface area (Å²) in [5.74, 6) is -0.851. The van der Waals surface area contributed by atoms with E-state index in [0.29, 0.717) is 19.3 Å². The van der Waals surface area contributed by atoms with Gasteiger partial charge >= 0.3 is 17.9 Å². The normalized spacial score (nSPS) is 12.1. The number of hydrogen-bond donors (Lipinski definition) is 0. The van der Waals surface area contributed by atoms with Crippen LogP contribution in [0.1, 0.15) is 367 Å². The molecule has 0 saturated carbocycles. The van der Waals surface area contributed by atoms with Crippen molar-refractivity contribution in [2.45, 2.75) is 374 Å². The fraction of sp³-hybridized carbons (Fsp3) is 0.896. The second-order valence-electron chi connectivity index (χ2n) is 22.4. The molecule has 0 heterocycles. The van der Waals surface area contributed by atoms with E-state index >= 15 is 0 Å². The van der Waals surface area contributed by atoms with Crippen LogP contribution in [-0.2, 0) is 28.6 Å². The average molecular weight is 1030 g/mol. The lowest BCUT2D eigenvalue weighted by Gasteiger charge is -2.18. The molecular formula is C67H126O6. The molecule has 0 amide bonds. The summed E-state index contributed by atoms with van der Waals surface area (Å²) in [6.07, 6.45) is 75.1. The topological polar surface area (TPSA) is 78.9 Å². The van der Waals surface area contributed by atoms with E-state index in [9.17, 15) is 14.4 Å². The Kier molecular flexibility index (Phi) is 60.6. The summed E-state index contributed by atoms with van der Waals surface area (Å²) in [6, 6.07) is 0. The first kappa shape index (κ1) is 70.9. The van der Waals surface area contributed by atoms with Crippen molar-refractivity contribution in [3.05, 3.63) is 24.3 Å². The highest BCUT2D eigenvalue weighted by Crippen LogP contribution is 2.18. The Balaban J connectivity index is 4.07. The molecule has 6 nitrogen and oxygen atoms in total. The zero-order valence-corrected chi connectivity index (χ0v) is 49.4. The molecule has 0 saturated heterocycles. The monoisotopic (exact) mass is 1030 g/mol. The Morgan fingerprint density at radius 1 is 0.260 bits per heavy atom. The van der Waals surface area contributed by atoms with Crippen LogP contribution in [0, 0.1) is 0 Å². The maximum Gasteiger partial charge on any atom is 0.306 e. The molecule has 0 aromatic carbocycles. The number of unbranched alkanes of at least 4 members (excludes halogenated alkanes) is 46. The molecule has 1 unspecified atom stereocenters. The van der Waals surface area contributed by atoms with Crippen molar-refractivity contribution in [2.75, 3.05) is 13.2 Å². The number of carbonyl (C=O) groups is 3. The number of carbonyl (C=O) groups excluding carboxylic acids is 3. The Labute approximate surface area is 455 Å². The van der Waals surface area contributed by atoms with Gasteiger partial charge in [0, 0.05) is 19.3 Å². The van der Waals surface area contributed by atoms with E-state index in [4.69, 9.17) is 14.2 Å². The Hall–Kier alpha value is -2.11. The van der Waals surface area contributed by atoms with Crippen LogP contribution in [0.2, 0.25) is 0 Å². The molecule has 6 heteroatoms. The van der Waals surface area contributed by atoms with E-state index in [0.717, 1.165) is 57.8 Å². The van der Waals surface area contributed by atoms with Gasteiger partial charge in [0.25, 0.3) is 0 Å². The van der Waals surface area contributed by atoms with Gasteiger partial charge < -0.3 is 14.2 Å². The van der Waals surface area contributed by atoms with Crippen molar-refractivity contribution in [2.24, 2.45) is 0 Å². The fourth-order valence-corrected chi connectivity index (χ4v) is 9.97. The molecule has 0 rings (SSSR count). The van der Waals surface area contributed by atoms with Crippen LogP contribution in [0.5, 0.6) is 0 Å². The summed E-state index contributed by atoms with van der Waals surface area (Å²) >= 11 is 0. The maximum absolute atomic E-state index is 12.9. The van der Waals surface area contributed by atoms with Crippen molar-refractivity contribution in [3.63, 3.8) is 0 Å². The molecule has 0 bridgehead atoms. The van der Waals surface area contributed by atoms with Crippen LogP contribution in [0.4, 0.5) is 0 Å². The van der Waals surface area contributed by atoms with Gasteiger partial charge in [-0.2, -0.15) is 0 Å². The van der Waals surface area contributed by atoms with E-state index in [2.05, 4.69) is 45.1 Å². The molecule has 0 aliphatic rings. The number of rotatable bonds is 61. The van der Waals surface area contributed by atoms with Crippen molar-refractivity contribution in [1.29, 1.82) is 0 Å². The second kappa shape index (κ2) is 62.4. The minimum atomic E-state index is -0.767. The summed E-state index contributed by atoms with van der Waals surface area (Å²) in [4.78, 5) is 38.1. The highest BCUT2D eigenvalue weighted by molar-refractivity contribution is 5.71. The van der Waals surface area contributed by atoms with Gasteiger partial charge in [-0.05, 0) is 70.6 Å². The Morgan fingerprint density at radius 2 is 0.452 bits per heavy atom. The summed E-state index contributed by atoms with van der Waals surface area (Å²) in [5.41, 5.74) is 0. The van der Waals surface area contributed by atoms with E-state index in [1.807, 2.05) is 0 Å². The molecule has 1 atom stereocenters. The summed E-state index contributed by atoms with van der Waals surface area (Å²) in [6.45, 7) is 6.66. The molecular weight excluding hydrogens is 901 g/mol. The average Bonchev–Trinajstić information content (AvgIpc) is 3.39. The quantitative estimate of drug-likeness (QED) is 0.0261. The SMILES string of the molecule is CCCCCCCCCC/C=C\CCCCCCCCCCCCCCCC(=O)OCC(COC(=O)CCCCCCCCC)OC(=O)CCCCCCCCCCCCC/C=C\CCCCCCCCCC. The largest absolute Gasteiger partial charge is 0.462 e. The van der Waals surface area contributed by atoms with Crippen molar-refractivity contribution >= 4 is 17.9 Å². The molecule has 0 aliphatic carbocycles. The molecule has 0 aromatic heterocycles. The van der Waals surface area contributed by atoms with Crippen LogP contribution in [0.3, 0.4) is 0 Å². The van der Waals surface area contributed by atoms with Crippen LogP contribution < -0.4 is 0 Å². The third kappa shape index (κ3) is 60.6. The zero-order chi connectivity index (χ0) is 52.9. The lowest BCUT2D eigenvalue weighted by molar-refractivity contribution is -0.167. The summed E-state index contributed by atoms with van der Waals surface area (Å²) < 4.78 is 16.9. The van der Waals surface area contributed by atoms with Crippen molar-refractivity contribution < 1.29 is 28.6 Å². The molecule has 0 aliphatic heterocycles. The molecule has 73 heavy (non-hydrogen) atoms. The minimum absolute atomic E-state index is 0.0669. The number of esters is 3. The minimum Gasteiger partial charge on any atom is -0.462 e. The van der Waals surface area contributed by atoms with E-state index in [1.165, 1.54) is 270 Å². The van der Waals surface area contributed by atoms with Crippen LogP contribution >= 0.6 is 0 Å². The zero-order valence-electron chi connectivity index (χ0n) is 49.4. The van der Waals surface area contributed by atoms with E-state index < -0.39 is 6.10 Å².